The van der Waals surface area contributed by atoms with Gasteiger partial charge in [0.1, 0.15) is 0 Å². The van der Waals surface area contributed by atoms with Gasteiger partial charge in [0.15, 0.2) is 3.95 Å². The van der Waals surface area contributed by atoms with Gasteiger partial charge >= 0.3 is 0 Å². The maximum atomic E-state index is 9.28. The van der Waals surface area contributed by atoms with Gasteiger partial charge in [0.05, 0.1) is 6.10 Å². The van der Waals surface area contributed by atoms with Crippen LogP contribution in [0.5, 0.6) is 0 Å². The molecule has 11 heavy (non-hydrogen) atoms. The number of aromatic amines is 1. The molecule has 0 aliphatic carbocycles. The van der Waals surface area contributed by atoms with Crippen LogP contribution < -0.4 is 0 Å². The molecule has 0 aliphatic heterocycles. The highest BCUT2D eigenvalue weighted by molar-refractivity contribution is 7.73. The summed E-state index contributed by atoms with van der Waals surface area (Å²) in [5.74, 6) is 0. The Morgan fingerprint density at radius 1 is 1.82 bits per heavy atom. The van der Waals surface area contributed by atoms with Gasteiger partial charge < -0.3 is 10.1 Å². The van der Waals surface area contributed by atoms with Crippen molar-refractivity contribution in [1.82, 2.24) is 4.98 Å². The summed E-state index contributed by atoms with van der Waals surface area (Å²) in [6.45, 7) is 1.97. The van der Waals surface area contributed by atoms with Crippen molar-refractivity contribution in [3.63, 3.8) is 0 Å². The van der Waals surface area contributed by atoms with Crippen molar-refractivity contribution in [3.8, 4) is 0 Å². The molecule has 0 amide bonds. The van der Waals surface area contributed by atoms with E-state index in [1.807, 2.05) is 13.1 Å². The standard InChI is InChI=1S/C7H11NOS2/c1-2-5(9)3-6-4-8-7(10)11-6/h4-5,9H,2-3H2,1H3,(H,8,10). The first-order valence-corrected chi connectivity index (χ1v) is 4.80. The zero-order valence-corrected chi connectivity index (χ0v) is 7.97. The van der Waals surface area contributed by atoms with Crippen molar-refractivity contribution in [3.05, 3.63) is 15.0 Å². The molecular formula is C7H11NOS2. The maximum absolute atomic E-state index is 9.28. The lowest BCUT2D eigenvalue weighted by Gasteiger charge is -2.02. The van der Waals surface area contributed by atoms with Crippen LogP contribution in [0.2, 0.25) is 0 Å². The largest absolute Gasteiger partial charge is 0.393 e. The van der Waals surface area contributed by atoms with E-state index in [0.29, 0.717) is 6.42 Å². The molecular weight excluding hydrogens is 178 g/mol. The minimum Gasteiger partial charge on any atom is -0.393 e. The van der Waals surface area contributed by atoms with Crippen LogP contribution in [0.1, 0.15) is 18.2 Å². The Bertz CT molecular complexity index is 265. The zero-order valence-electron chi connectivity index (χ0n) is 6.33. The van der Waals surface area contributed by atoms with E-state index in [4.69, 9.17) is 12.2 Å². The number of hydrogen-bond acceptors (Lipinski definition) is 3. The van der Waals surface area contributed by atoms with Crippen molar-refractivity contribution in [2.24, 2.45) is 0 Å². The predicted molar refractivity (Wildman–Crippen MR) is 49.5 cm³/mol. The fourth-order valence-electron chi connectivity index (χ4n) is 0.795. The van der Waals surface area contributed by atoms with E-state index in [1.165, 1.54) is 11.3 Å². The van der Waals surface area contributed by atoms with Gasteiger partial charge in [-0.25, -0.2) is 0 Å². The molecule has 0 saturated heterocycles. The summed E-state index contributed by atoms with van der Waals surface area (Å²) in [6, 6.07) is 0. The lowest BCUT2D eigenvalue weighted by molar-refractivity contribution is 0.171. The molecule has 1 heterocycles. The first kappa shape index (κ1) is 8.90. The van der Waals surface area contributed by atoms with Crippen LogP contribution in [-0.2, 0) is 6.42 Å². The Hall–Kier alpha value is -0.190. The number of nitrogens with one attached hydrogen (secondary N) is 1. The smallest absolute Gasteiger partial charge is 0.158 e. The third-order valence-corrected chi connectivity index (χ3v) is 2.70. The molecule has 2 nitrogen and oxygen atoms in total. The average Bonchev–Trinajstić information content (AvgIpc) is 2.35. The minimum atomic E-state index is -0.226. The highest BCUT2D eigenvalue weighted by Gasteiger charge is 2.03. The summed E-state index contributed by atoms with van der Waals surface area (Å²) < 4.78 is 0.781. The first-order chi connectivity index (χ1) is 5.22. The van der Waals surface area contributed by atoms with Crippen LogP contribution in [0.4, 0.5) is 0 Å². The molecule has 0 saturated carbocycles. The summed E-state index contributed by atoms with van der Waals surface area (Å²) >= 11 is 6.43. The second-order valence-electron chi connectivity index (χ2n) is 2.41. The minimum absolute atomic E-state index is 0.226. The topological polar surface area (TPSA) is 36.0 Å². The monoisotopic (exact) mass is 189 g/mol. The van der Waals surface area contributed by atoms with Gasteiger partial charge in [0.25, 0.3) is 0 Å². The molecule has 62 valence electrons. The van der Waals surface area contributed by atoms with E-state index in [2.05, 4.69) is 4.98 Å². The van der Waals surface area contributed by atoms with Gasteiger partial charge in [-0.1, -0.05) is 6.92 Å². The molecule has 0 radical (unpaired) electrons. The fourth-order valence-corrected chi connectivity index (χ4v) is 1.92. The first-order valence-electron chi connectivity index (χ1n) is 3.58. The quantitative estimate of drug-likeness (QED) is 0.714. The summed E-state index contributed by atoms with van der Waals surface area (Å²) in [7, 11) is 0. The van der Waals surface area contributed by atoms with E-state index in [0.717, 1.165) is 15.3 Å². The summed E-state index contributed by atoms with van der Waals surface area (Å²) in [6.07, 6.45) is 3.15. The van der Waals surface area contributed by atoms with Gasteiger partial charge in [0.2, 0.25) is 0 Å². The molecule has 0 spiro atoms. The molecule has 2 N–H and O–H groups in total. The van der Waals surface area contributed by atoms with Crippen LogP contribution >= 0.6 is 23.6 Å². The van der Waals surface area contributed by atoms with Crippen molar-refractivity contribution < 1.29 is 5.11 Å². The SMILES string of the molecule is CCC(O)Cc1c[nH]c(=S)s1. The molecule has 4 heteroatoms. The Morgan fingerprint density at radius 2 is 2.55 bits per heavy atom. The third kappa shape index (κ3) is 2.73. The highest BCUT2D eigenvalue weighted by Crippen LogP contribution is 2.11. The molecule has 1 atom stereocenters. The Balaban J connectivity index is 2.57. The van der Waals surface area contributed by atoms with E-state index in [9.17, 15) is 5.11 Å². The Morgan fingerprint density at radius 3 is 3.00 bits per heavy atom. The summed E-state index contributed by atoms with van der Waals surface area (Å²) in [4.78, 5) is 4.05. The molecule has 0 fully saturated rings. The van der Waals surface area contributed by atoms with E-state index >= 15 is 0 Å². The zero-order chi connectivity index (χ0) is 8.27. The van der Waals surface area contributed by atoms with Crippen LogP contribution in [-0.4, -0.2) is 16.2 Å². The molecule has 0 aliphatic rings. The molecule has 1 aromatic heterocycles. The van der Waals surface area contributed by atoms with Crippen molar-refractivity contribution in [1.29, 1.82) is 0 Å². The van der Waals surface area contributed by atoms with Crippen molar-refractivity contribution in [2.75, 3.05) is 0 Å². The number of hydrogen-bond donors (Lipinski definition) is 2. The van der Waals surface area contributed by atoms with Gasteiger partial charge in [-0.3, -0.25) is 0 Å². The number of aliphatic hydroxyl groups excluding tert-OH is 1. The average molecular weight is 189 g/mol. The third-order valence-electron chi connectivity index (χ3n) is 1.48. The van der Waals surface area contributed by atoms with Gasteiger partial charge in [0, 0.05) is 17.5 Å². The van der Waals surface area contributed by atoms with Crippen LogP contribution in [0, 0.1) is 3.95 Å². The van der Waals surface area contributed by atoms with Crippen LogP contribution in [0.3, 0.4) is 0 Å². The molecule has 0 aromatic carbocycles. The fraction of sp³-hybridized carbons (Fsp3) is 0.571. The van der Waals surface area contributed by atoms with Gasteiger partial charge in [-0.2, -0.15) is 0 Å². The lowest BCUT2D eigenvalue weighted by Crippen LogP contribution is -2.06. The molecule has 0 bridgehead atoms. The number of aromatic nitrogens is 1. The number of thiazole rings is 1. The van der Waals surface area contributed by atoms with Crippen LogP contribution in [0.15, 0.2) is 6.20 Å². The van der Waals surface area contributed by atoms with E-state index in [1.54, 1.807) is 0 Å². The second-order valence-corrected chi connectivity index (χ2v) is 4.21. The Labute approximate surface area is 74.9 Å². The van der Waals surface area contributed by atoms with Crippen molar-refractivity contribution >= 4 is 23.6 Å². The molecule has 1 rings (SSSR count). The van der Waals surface area contributed by atoms with E-state index in [-0.39, 0.29) is 6.10 Å². The summed E-state index contributed by atoms with van der Waals surface area (Å²) in [5.41, 5.74) is 0. The van der Waals surface area contributed by atoms with Gasteiger partial charge in [-0.15, -0.1) is 11.3 Å². The molecule has 1 unspecified atom stereocenters. The number of aliphatic hydroxyl groups is 1. The lowest BCUT2D eigenvalue weighted by atomic mass is 10.2. The number of H-pyrrole nitrogens is 1. The predicted octanol–water partition coefficient (Wildman–Crippen LogP) is 2.12. The highest BCUT2D eigenvalue weighted by atomic mass is 32.1. The van der Waals surface area contributed by atoms with Crippen LogP contribution in [0.25, 0.3) is 0 Å². The van der Waals surface area contributed by atoms with Gasteiger partial charge in [-0.05, 0) is 18.6 Å². The summed E-state index contributed by atoms with van der Waals surface area (Å²) in [5, 5.41) is 9.28. The second kappa shape index (κ2) is 3.99. The van der Waals surface area contributed by atoms with E-state index < -0.39 is 0 Å². The Kier molecular flexibility index (Phi) is 3.23. The maximum Gasteiger partial charge on any atom is 0.158 e. The normalized spacial score (nSPS) is 13.3. The molecule has 1 aromatic rings. The van der Waals surface area contributed by atoms with Crippen molar-refractivity contribution in [2.45, 2.75) is 25.9 Å². The number of rotatable bonds is 3.